The highest BCUT2D eigenvalue weighted by Gasteiger charge is 2.28. The first-order valence-corrected chi connectivity index (χ1v) is 7.55. The van der Waals surface area contributed by atoms with E-state index in [0.29, 0.717) is 12.2 Å². The molecular formula is C17H26O4. The van der Waals surface area contributed by atoms with E-state index in [-0.39, 0.29) is 23.9 Å². The Labute approximate surface area is 126 Å². The van der Waals surface area contributed by atoms with E-state index >= 15 is 0 Å². The number of unbranched alkanes of at least 4 members (excludes halogenated alkanes) is 3. The van der Waals surface area contributed by atoms with Crippen LogP contribution in [0.3, 0.4) is 0 Å². The fourth-order valence-corrected chi connectivity index (χ4v) is 2.29. The number of hydrogen-bond acceptors (Lipinski definition) is 4. The first-order chi connectivity index (χ1) is 9.86. The van der Waals surface area contributed by atoms with Crippen LogP contribution in [0.15, 0.2) is 18.2 Å². The van der Waals surface area contributed by atoms with Crippen LogP contribution in [0.4, 0.5) is 0 Å². The molecule has 21 heavy (non-hydrogen) atoms. The van der Waals surface area contributed by atoms with Crippen LogP contribution in [0.2, 0.25) is 0 Å². The Morgan fingerprint density at radius 1 is 1.19 bits per heavy atom. The summed E-state index contributed by atoms with van der Waals surface area (Å²) in [6.45, 7) is 6.27. The largest absolute Gasteiger partial charge is 0.508 e. The summed E-state index contributed by atoms with van der Waals surface area (Å²) >= 11 is 0. The van der Waals surface area contributed by atoms with Crippen molar-refractivity contribution < 1.29 is 19.7 Å². The van der Waals surface area contributed by atoms with E-state index in [1.54, 1.807) is 0 Å². The Kier molecular flexibility index (Phi) is 6.53. The van der Waals surface area contributed by atoms with E-state index < -0.39 is 5.41 Å². The van der Waals surface area contributed by atoms with Crippen molar-refractivity contribution >= 4 is 5.97 Å². The Morgan fingerprint density at radius 3 is 2.57 bits per heavy atom. The molecule has 4 heteroatoms. The molecule has 4 nitrogen and oxygen atoms in total. The van der Waals surface area contributed by atoms with Crippen molar-refractivity contribution in [2.45, 2.75) is 58.3 Å². The number of phenols is 2. The quantitative estimate of drug-likeness (QED) is 0.433. The number of ether oxygens (including phenoxy) is 1. The Bertz CT molecular complexity index is 466. The van der Waals surface area contributed by atoms with E-state index in [4.69, 9.17) is 4.74 Å². The van der Waals surface area contributed by atoms with E-state index in [1.807, 2.05) is 13.8 Å². The number of aromatic hydroxyl groups is 2. The second-order valence-electron chi connectivity index (χ2n) is 6.04. The molecule has 0 aromatic heterocycles. The minimum Gasteiger partial charge on any atom is -0.508 e. The topological polar surface area (TPSA) is 66.8 Å². The van der Waals surface area contributed by atoms with Gasteiger partial charge in [-0.05, 0) is 24.6 Å². The lowest BCUT2D eigenvalue weighted by Crippen LogP contribution is -2.23. The Balaban J connectivity index is 2.55. The van der Waals surface area contributed by atoms with Gasteiger partial charge in [0, 0.05) is 11.0 Å². The third kappa shape index (κ3) is 5.66. The number of carbonyl (C=O) groups excluding carboxylic acids is 1. The van der Waals surface area contributed by atoms with E-state index in [9.17, 15) is 15.0 Å². The molecule has 1 aromatic carbocycles. The summed E-state index contributed by atoms with van der Waals surface area (Å²) in [6, 6.07) is 4.34. The highest BCUT2D eigenvalue weighted by molar-refractivity contribution is 5.71. The molecule has 2 N–H and O–H groups in total. The second-order valence-corrected chi connectivity index (χ2v) is 6.04. The van der Waals surface area contributed by atoms with E-state index in [2.05, 4.69) is 6.92 Å². The third-order valence-corrected chi connectivity index (χ3v) is 3.56. The average Bonchev–Trinajstić information content (AvgIpc) is 2.40. The van der Waals surface area contributed by atoms with Gasteiger partial charge in [-0.25, -0.2) is 0 Å². The number of phenolic OH excluding ortho intramolecular Hbond substituents is 2. The van der Waals surface area contributed by atoms with Crippen molar-refractivity contribution in [3.63, 3.8) is 0 Å². The number of carbonyl (C=O) groups is 1. The van der Waals surface area contributed by atoms with Crippen LogP contribution in [0, 0.1) is 0 Å². The molecule has 0 aliphatic rings. The van der Waals surface area contributed by atoms with Gasteiger partial charge in [0.1, 0.15) is 11.5 Å². The molecule has 1 aromatic rings. The molecule has 0 bridgehead atoms. The lowest BCUT2D eigenvalue weighted by molar-refractivity contribution is -0.145. The zero-order valence-electron chi connectivity index (χ0n) is 13.2. The highest BCUT2D eigenvalue weighted by atomic mass is 16.5. The van der Waals surface area contributed by atoms with Crippen molar-refractivity contribution in [2.24, 2.45) is 0 Å². The van der Waals surface area contributed by atoms with Crippen LogP contribution in [0.5, 0.6) is 11.5 Å². The second kappa shape index (κ2) is 7.91. The number of benzene rings is 1. The average molecular weight is 294 g/mol. The predicted octanol–water partition coefficient (Wildman–Crippen LogP) is 3.89. The summed E-state index contributed by atoms with van der Waals surface area (Å²) in [6.07, 6.45) is 4.42. The maximum atomic E-state index is 11.9. The van der Waals surface area contributed by atoms with Gasteiger partial charge in [0.25, 0.3) is 0 Å². The lowest BCUT2D eigenvalue weighted by atomic mass is 9.81. The van der Waals surface area contributed by atoms with Gasteiger partial charge >= 0.3 is 5.97 Å². The molecule has 118 valence electrons. The molecule has 0 fully saturated rings. The number of esters is 1. The van der Waals surface area contributed by atoms with Gasteiger partial charge in [0.2, 0.25) is 0 Å². The van der Waals surface area contributed by atoms with Crippen LogP contribution in [-0.2, 0) is 14.9 Å². The van der Waals surface area contributed by atoms with Gasteiger partial charge in [0.05, 0.1) is 13.0 Å². The SMILES string of the molecule is CCCCCCOC(=O)CC(C)(C)c1cc(O)ccc1O. The molecule has 0 radical (unpaired) electrons. The number of hydrogen-bond donors (Lipinski definition) is 2. The molecule has 0 spiro atoms. The van der Waals surface area contributed by atoms with Crippen LogP contribution < -0.4 is 0 Å². The van der Waals surface area contributed by atoms with Crippen molar-refractivity contribution in [3.8, 4) is 11.5 Å². The molecular weight excluding hydrogens is 268 g/mol. The highest BCUT2D eigenvalue weighted by Crippen LogP contribution is 2.36. The zero-order chi connectivity index (χ0) is 15.9. The van der Waals surface area contributed by atoms with Crippen LogP contribution in [-0.4, -0.2) is 22.8 Å². The van der Waals surface area contributed by atoms with Gasteiger partial charge < -0.3 is 14.9 Å². The van der Waals surface area contributed by atoms with Gasteiger partial charge in [-0.2, -0.15) is 0 Å². The van der Waals surface area contributed by atoms with Crippen molar-refractivity contribution in [2.75, 3.05) is 6.61 Å². The summed E-state index contributed by atoms with van der Waals surface area (Å²) in [4.78, 5) is 11.9. The van der Waals surface area contributed by atoms with E-state index in [1.165, 1.54) is 18.2 Å². The fraction of sp³-hybridized carbons (Fsp3) is 0.588. The lowest BCUT2D eigenvalue weighted by Gasteiger charge is -2.25. The fourth-order valence-electron chi connectivity index (χ4n) is 2.29. The summed E-state index contributed by atoms with van der Waals surface area (Å²) in [5.41, 5.74) is -0.0472. The standard InChI is InChI=1S/C17H26O4/c1-4-5-6-7-10-21-16(20)12-17(2,3)14-11-13(18)8-9-15(14)19/h8-9,11,18-19H,4-7,10,12H2,1-3H3. The first kappa shape index (κ1) is 17.3. The van der Waals surface area contributed by atoms with Gasteiger partial charge in [0.15, 0.2) is 0 Å². The summed E-state index contributed by atoms with van der Waals surface area (Å²) < 4.78 is 5.23. The molecule has 0 saturated heterocycles. The molecule has 1 rings (SSSR count). The summed E-state index contributed by atoms with van der Waals surface area (Å²) in [5, 5.41) is 19.4. The third-order valence-electron chi connectivity index (χ3n) is 3.56. The molecule has 0 atom stereocenters. The minimum absolute atomic E-state index is 0.0730. The maximum absolute atomic E-state index is 11.9. The Hall–Kier alpha value is -1.71. The predicted molar refractivity (Wildman–Crippen MR) is 82.5 cm³/mol. The normalized spacial score (nSPS) is 11.4. The van der Waals surface area contributed by atoms with Crippen LogP contribution in [0.25, 0.3) is 0 Å². The molecule has 0 saturated carbocycles. The van der Waals surface area contributed by atoms with Crippen LogP contribution in [0.1, 0.15) is 58.4 Å². The smallest absolute Gasteiger partial charge is 0.306 e. The van der Waals surface area contributed by atoms with Crippen LogP contribution >= 0.6 is 0 Å². The molecule has 0 unspecified atom stereocenters. The minimum atomic E-state index is -0.594. The molecule has 0 amide bonds. The summed E-state index contributed by atoms with van der Waals surface area (Å²) in [5.74, 6) is -0.128. The zero-order valence-corrected chi connectivity index (χ0v) is 13.2. The summed E-state index contributed by atoms with van der Waals surface area (Å²) in [7, 11) is 0. The number of rotatable bonds is 8. The molecule has 0 heterocycles. The van der Waals surface area contributed by atoms with Crippen molar-refractivity contribution in [1.82, 2.24) is 0 Å². The van der Waals surface area contributed by atoms with Gasteiger partial charge in [-0.15, -0.1) is 0 Å². The van der Waals surface area contributed by atoms with Gasteiger partial charge in [-0.3, -0.25) is 4.79 Å². The van der Waals surface area contributed by atoms with E-state index in [0.717, 1.165) is 25.7 Å². The Morgan fingerprint density at radius 2 is 1.90 bits per heavy atom. The monoisotopic (exact) mass is 294 g/mol. The van der Waals surface area contributed by atoms with Gasteiger partial charge in [-0.1, -0.05) is 40.0 Å². The van der Waals surface area contributed by atoms with Crippen molar-refractivity contribution in [1.29, 1.82) is 0 Å². The van der Waals surface area contributed by atoms with Crippen molar-refractivity contribution in [3.05, 3.63) is 23.8 Å². The molecule has 0 aliphatic carbocycles. The molecule has 0 aliphatic heterocycles. The first-order valence-electron chi connectivity index (χ1n) is 7.55. The maximum Gasteiger partial charge on any atom is 0.306 e.